The average Bonchev–Trinajstić information content (AvgIpc) is 3.17. The molecule has 0 radical (unpaired) electrons. The van der Waals surface area contributed by atoms with Gasteiger partial charge in [-0.1, -0.05) is 23.4 Å². The molecule has 0 aliphatic carbocycles. The molecule has 1 aromatic heterocycles. The Morgan fingerprint density at radius 1 is 1.19 bits per heavy atom. The minimum Gasteiger partial charge on any atom is -0.496 e. The van der Waals surface area contributed by atoms with Crippen molar-refractivity contribution in [2.24, 2.45) is 5.10 Å². The molecule has 0 bridgehead atoms. The Morgan fingerprint density at radius 2 is 1.90 bits per heavy atom. The topological polar surface area (TPSA) is 61.5 Å². The highest BCUT2D eigenvalue weighted by Gasteiger charge is 2.19. The van der Waals surface area contributed by atoms with Crippen LogP contribution in [0.15, 0.2) is 40.6 Å². The van der Waals surface area contributed by atoms with Crippen molar-refractivity contribution in [3.63, 3.8) is 0 Å². The number of hydrogen-bond donors (Lipinski definition) is 0. The largest absolute Gasteiger partial charge is 0.496 e. The summed E-state index contributed by atoms with van der Waals surface area (Å²) in [6.07, 6.45) is 0.402. The third-order valence-electron chi connectivity index (χ3n) is 4.44. The van der Waals surface area contributed by atoms with E-state index in [1.54, 1.807) is 25.5 Å². The van der Waals surface area contributed by atoms with Gasteiger partial charge in [0.15, 0.2) is 0 Å². The van der Waals surface area contributed by atoms with Crippen LogP contribution in [0.25, 0.3) is 0 Å². The molecule has 0 saturated heterocycles. The first kappa shape index (κ1) is 23.0. The summed E-state index contributed by atoms with van der Waals surface area (Å²) in [6.45, 7) is 4.08. The van der Waals surface area contributed by atoms with E-state index in [0.717, 1.165) is 21.4 Å². The molecule has 0 amide bonds. The number of halogens is 3. The summed E-state index contributed by atoms with van der Waals surface area (Å²) in [4.78, 5) is 0. The molecule has 31 heavy (non-hydrogen) atoms. The van der Waals surface area contributed by atoms with Crippen LogP contribution in [0.2, 0.25) is 5.02 Å². The molecule has 0 spiro atoms. The molecule has 6 nitrogen and oxygen atoms in total. The van der Waals surface area contributed by atoms with Crippen molar-refractivity contribution in [2.75, 3.05) is 13.4 Å². The highest BCUT2D eigenvalue weighted by molar-refractivity contribution is 7.98. The lowest BCUT2D eigenvalue weighted by molar-refractivity contribution is 0.135. The van der Waals surface area contributed by atoms with Gasteiger partial charge in [-0.3, -0.25) is 0 Å². The number of aryl methyl sites for hydroxylation is 2. The van der Waals surface area contributed by atoms with Crippen LogP contribution in [0.5, 0.6) is 11.5 Å². The number of thioether (sulfide) groups is 1. The van der Waals surface area contributed by atoms with Crippen molar-refractivity contribution in [1.82, 2.24) is 14.9 Å². The fourth-order valence-corrected chi connectivity index (χ4v) is 3.46. The number of alkyl halides is 2. The maximum absolute atomic E-state index is 13.2. The molecular weight excluding hydrogens is 446 g/mol. The molecule has 1 heterocycles. The van der Waals surface area contributed by atoms with Crippen LogP contribution in [0.1, 0.15) is 34.5 Å². The summed E-state index contributed by atoms with van der Waals surface area (Å²) in [7, 11) is 1.57. The Balaban J connectivity index is 1.84. The number of aromatic nitrogens is 3. The van der Waals surface area contributed by atoms with Crippen LogP contribution in [-0.2, 0) is 6.61 Å². The number of benzene rings is 2. The third-order valence-corrected chi connectivity index (χ3v) is 5.66. The SMILES string of the molecule is COc1ccc(/C=N\n2c(SC)nnc2C(F)F)cc1COc1cc(C)c(Cl)c(C)c1. The number of methoxy groups -OCH3 is 1. The third kappa shape index (κ3) is 5.34. The van der Waals surface area contributed by atoms with E-state index in [-0.39, 0.29) is 11.8 Å². The number of rotatable bonds is 8. The fourth-order valence-electron chi connectivity index (χ4n) is 2.92. The lowest BCUT2D eigenvalue weighted by Crippen LogP contribution is -2.02. The monoisotopic (exact) mass is 466 g/mol. The van der Waals surface area contributed by atoms with Gasteiger partial charge in [0, 0.05) is 10.6 Å². The summed E-state index contributed by atoms with van der Waals surface area (Å²) in [5.41, 5.74) is 3.32. The van der Waals surface area contributed by atoms with Gasteiger partial charge in [0.1, 0.15) is 18.1 Å². The molecule has 0 atom stereocenters. The van der Waals surface area contributed by atoms with Crippen LogP contribution >= 0.6 is 23.4 Å². The summed E-state index contributed by atoms with van der Waals surface area (Å²) in [6, 6.07) is 9.11. The van der Waals surface area contributed by atoms with Gasteiger partial charge in [0.25, 0.3) is 6.43 Å². The summed E-state index contributed by atoms with van der Waals surface area (Å²) >= 11 is 7.39. The van der Waals surface area contributed by atoms with Crippen LogP contribution in [0, 0.1) is 13.8 Å². The van der Waals surface area contributed by atoms with E-state index in [0.29, 0.717) is 22.1 Å². The Labute approximate surface area is 188 Å². The van der Waals surface area contributed by atoms with Crippen LogP contribution in [0.4, 0.5) is 8.78 Å². The molecule has 0 aliphatic rings. The van der Waals surface area contributed by atoms with E-state index in [4.69, 9.17) is 21.1 Å². The number of ether oxygens (including phenoxy) is 2. The second kappa shape index (κ2) is 10.1. The van der Waals surface area contributed by atoms with Crippen molar-refractivity contribution >= 4 is 29.6 Å². The molecule has 2 aromatic carbocycles. The van der Waals surface area contributed by atoms with E-state index in [2.05, 4.69) is 15.3 Å². The summed E-state index contributed by atoms with van der Waals surface area (Å²) in [5, 5.41) is 12.4. The molecule has 0 N–H and O–H groups in total. The van der Waals surface area contributed by atoms with Gasteiger partial charge in [-0.15, -0.1) is 10.2 Å². The Hall–Kier alpha value is -2.65. The van der Waals surface area contributed by atoms with Crippen LogP contribution in [-0.4, -0.2) is 34.5 Å². The maximum Gasteiger partial charge on any atom is 0.299 e. The summed E-state index contributed by atoms with van der Waals surface area (Å²) < 4.78 is 38.7. The molecule has 0 saturated carbocycles. The zero-order valence-electron chi connectivity index (χ0n) is 17.4. The second-order valence-corrected chi connectivity index (χ2v) is 7.78. The number of hydrogen-bond acceptors (Lipinski definition) is 6. The highest BCUT2D eigenvalue weighted by atomic mass is 35.5. The Morgan fingerprint density at radius 3 is 2.52 bits per heavy atom. The van der Waals surface area contributed by atoms with Gasteiger partial charge in [0.2, 0.25) is 11.0 Å². The van der Waals surface area contributed by atoms with Gasteiger partial charge in [0.05, 0.1) is 13.3 Å². The molecule has 164 valence electrons. The van der Waals surface area contributed by atoms with E-state index in [1.165, 1.54) is 18.0 Å². The van der Waals surface area contributed by atoms with Gasteiger partial charge in [-0.05, 0) is 67.1 Å². The average molecular weight is 467 g/mol. The van der Waals surface area contributed by atoms with Gasteiger partial charge in [-0.25, -0.2) is 8.78 Å². The van der Waals surface area contributed by atoms with Crippen molar-refractivity contribution in [3.05, 3.63) is 63.4 Å². The van der Waals surface area contributed by atoms with E-state index < -0.39 is 12.2 Å². The highest BCUT2D eigenvalue weighted by Crippen LogP contribution is 2.28. The van der Waals surface area contributed by atoms with E-state index >= 15 is 0 Å². The molecule has 0 aliphatic heterocycles. The predicted molar refractivity (Wildman–Crippen MR) is 118 cm³/mol. The van der Waals surface area contributed by atoms with E-state index in [1.807, 2.05) is 32.0 Å². The van der Waals surface area contributed by atoms with Crippen LogP contribution < -0.4 is 9.47 Å². The normalized spacial score (nSPS) is 11.5. The van der Waals surface area contributed by atoms with Gasteiger partial charge in [-0.2, -0.15) is 9.78 Å². The lowest BCUT2D eigenvalue weighted by Gasteiger charge is -2.13. The second-order valence-electron chi connectivity index (χ2n) is 6.63. The van der Waals surface area contributed by atoms with Gasteiger partial charge >= 0.3 is 0 Å². The first-order chi connectivity index (χ1) is 14.8. The van der Waals surface area contributed by atoms with Crippen molar-refractivity contribution < 1.29 is 18.3 Å². The molecule has 3 aromatic rings. The zero-order chi connectivity index (χ0) is 22.5. The standard InChI is InChI=1S/C21H21ClF2N4O2S/c1-12-7-16(8-13(2)18(12)22)30-11-15-9-14(5-6-17(15)29-3)10-25-28-20(19(23)24)26-27-21(28)31-4/h5-10,19H,11H2,1-4H3/b25-10-. The van der Waals surface area contributed by atoms with Crippen LogP contribution in [0.3, 0.4) is 0 Å². The maximum atomic E-state index is 13.2. The first-order valence-electron chi connectivity index (χ1n) is 9.22. The smallest absolute Gasteiger partial charge is 0.299 e. The van der Waals surface area contributed by atoms with Crippen molar-refractivity contribution in [1.29, 1.82) is 0 Å². The molecule has 0 fully saturated rings. The van der Waals surface area contributed by atoms with E-state index in [9.17, 15) is 8.78 Å². The molecule has 3 rings (SSSR count). The van der Waals surface area contributed by atoms with Crippen molar-refractivity contribution in [2.45, 2.75) is 32.0 Å². The minimum atomic E-state index is -2.78. The summed E-state index contributed by atoms with van der Waals surface area (Å²) in [5.74, 6) is 0.823. The minimum absolute atomic E-state index is 0.246. The molecule has 10 heteroatoms. The molecule has 0 unspecified atom stereocenters. The predicted octanol–water partition coefficient (Wildman–Crippen LogP) is 5.68. The Bertz CT molecular complexity index is 1080. The van der Waals surface area contributed by atoms with Gasteiger partial charge < -0.3 is 9.47 Å². The first-order valence-corrected chi connectivity index (χ1v) is 10.8. The Kier molecular flexibility index (Phi) is 7.50. The molecular formula is C21H21ClF2N4O2S. The number of nitrogens with zero attached hydrogens (tertiary/aromatic N) is 4. The quantitative estimate of drug-likeness (QED) is 0.316. The van der Waals surface area contributed by atoms with Crippen molar-refractivity contribution in [3.8, 4) is 11.5 Å². The fraction of sp³-hybridized carbons (Fsp3) is 0.286. The lowest BCUT2D eigenvalue weighted by atomic mass is 10.1. The zero-order valence-corrected chi connectivity index (χ0v) is 19.0.